The van der Waals surface area contributed by atoms with Crippen LogP contribution in [0.15, 0.2) is 56.8 Å². The van der Waals surface area contributed by atoms with Crippen LogP contribution >= 0.6 is 0 Å². The van der Waals surface area contributed by atoms with Crippen molar-refractivity contribution < 1.29 is 4.39 Å². The summed E-state index contributed by atoms with van der Waals surface area (Å²) in [7, 11) is 0. The van der Waals surface area contributed by atoms with Gasteiger partial charge in [-0.15, -0.1) is 0 Å². The number of hydrogen-bond donors (Lipinski definition) is 1. The number of allylic oxidation sites excluding steroid dienone is 5. The number of aliphatic imine (C=N–C) groups is 2. The average molecular weight is 296 g/mol. The van der Waals surface area contributed by atoms with E-state index in [1.54, 1.807) is 18.4 Å². The number of dihydropyridines is 1. The van der Waals surface area contributed by atoms with E-state index in [1.165, 1.54) is 0 Å². The molecule has 0 aromatic heterocycles. The average Bonchev–Trinajstić information content (AvgIpc) is 2.72. The summed E-state index contributed by atoms with van der Waals surface area (Å²) in [5.74, 6) is 0. The molecule has 3 rings (SSSR count). The summed E-state index contributed by atoms with van der Waals surface area (Å²) in [6, 6.07) is 1.94. The first-order valence-corrected chi connectivity index (χ1v) is 7.41. The minimum atomic E-state index is -0.819. The Morgan fingerprint density at radius 1 is 1.45 bits per heavy atom. The summed E-state index contributed by atoms with van der Waals surface area (Å²) in [6.45, 7) is 0. The monoisotopic (exact) mass is 296 g/mol. The molecule has 0 bridgehead atoms. The molecule has 1 aliphatic heterocycles. The highest BCUT2D eigenvalue weighted by Gasteiger charge is 2.24. The number of hydrogen-bond acceptors (Lipinski definition) is 4. The fraction of sp³-hybridized carbons (Fsp3) is 0.353. The zero-order valence-electron chi connectivity index (χ0n) is 12.2. The number of alkyl halides is 1. The summed E-state index contributed by atoms with van der Waals surface area (Å²) in [6.07, 6.45) is 10.6. The molecular formula is C17H17FN4. The number of nitrogens with zero attached hydrogens (tertiary/aromatic N) is 3. The van der Waals surface area contributed by atoms with Gasteiger partial charge in [-0.25, -0.2) is 4.39 Å². The zero-order chi connectivity index (χ0) is 15.5. The molecule has 2 unspecified atom stereocenters. The fourth-order valence-corrected chi connectivity index (χ4v) is 2.84. The zero-order valence-corrected chi connectivity index (χ0v) is 12.2. The number of fused-ring (bicyclic) bond motifs is 1. The first-order chi connectivity index (χ1) is 10.7. The smallest absolute Gasteiger partial charge is 0.105 e. The van der Waals surface area contributed by atoms with Crippen molar-refractivity contribution in [3.8, 4) is 6.07 Å². The number of halogens is 1. The van der Waals surface area contributed by atoms with E-state index in [2.05, 4.69) is 16.1 Å². The Morgan fingerprint density at radius 3 is 3.09 bits per heavy atom. The van der Waals surface area contributed by atoms with Gasteiger partial charge in [0.1, 0.15) is 6.17 Å². The Balaban J connectivity index is 2.01. The van der Waals surface area contributed by atoms with Crippen LogP contribution in [0.25, 0.3) is 0 Å². The van der Waals surface area contributed by atoms with Gasteiger partial charge in [0.2, 0.25) is 0 Å². The van der Waals surface area contributed by atoms with Crippen molar-refractivity contribution in [3.63, 3.8) is 0 Å². The molecule has 112 valence electrons. The molecule has 4 nitrogen and oxygen atoms in total. The largest absolute Gasteiger partial charge is 0.396 e. The second-order valence-corrected chi connectivity index (χ2v) is 5.62. The van der Waals surface area contributed by atoms with E-state index in [9.17, 15) is 4.39 Å². The van der Waals surface area contributed by atoms with Gasteiger partial charge in [-0.2, -0.15) is 5.26 Å². The summed E-state index contributed by atoms with van der Waals surface area (Å²) >= 11 is 0. The third-order valence-electron chi connectivity index (χ3n) is 3.96. The van der Waals surface area contributed by atoms with Crippen molar-refractivity contribution in [1.29, 1.82) is 5.26 Å². The Morgan fingerprint density at radius 2 is 2.32 bits per heavy atom. The predicted octanol–water partition coefficient (Wildman–Crippen LogP) is 2.91. The summed E-state index contributed by atoms with van der Waals surface area (Å²) in [5.41, 5.74) is 9.29. The van der Waals surface area contributed by atoms with Crippen LogP contribution in [0.2, 0.25) is 0 Å². The van der Waals surface area contributed by atoms with Gasteiger partial charge in [-0.3, -0.25) is 9.98 Å². The maximum Gasteiger partial charge on any atom is 0.105 e. The molecule has 3 aliphatic rings. The molecule has 1 fully saturated rings. The van der Waals surface area contributed by atoms with E-state index < -0.39 is 6.17 Å². The lowest BCUT2D eigenvalue weighted by Crippen LogP contribution is -2.21. The van der Waals surface area contributed by atoms with Crippen LogP contribution in [0.4, 0.5) is 4.39 Å². The second kappa shape index (κ2) is 6.10. The van der Waals surface area contributed by atoms with Crippen molar-refractivity contribution in [2.45, 2.75) is 37.9 Å². The first kappa shape index (κ1) is 14.5. The van der Waals surface area contributed by atoms with E-state index in [1.807, 2.05) is 12.2 Å². The van der Waals surface area contributed by atoms with Gasteiger partial charge < -0.3 is 5.73 Å². The SMILES string of the molecule is N#CC1=CC=CC2N=CC(N)=C(N=C3CCCC(F)C3)C2=C1. The Bertz CT molecular complexity index is 701. The fourth-order valence-electron chi connectivity index (χ4n) is 2.84. The second-order valence-electron chi connectivity index (χ2n) is 5.62. The molecule has 0 aromatic carbocycles. The Kier molecular flexibility index (Phi) is 4.01. The molecule has 1 saturated carbocycles. The van der Waals surface area contributed by atoms with Crippen molar-refractivity contribution >= 4 is 11.9 Å². The lowest BCUT2D eigenvalue weighted by atomic mass is 9.95. The highest BCUT2D eigenvalue weighted by molar-refractivity contribution is 5.90. The van der Waals surface area contributed by atoms with Gasteiger partial charge in [-0.1, -0.05) is 12.2 Å². The summed E-state index contributed by atoms with van der Waals surface area (Å²) < 4.78 is 13.6. The molecule has 0 aromatic rings. The Labute approximate surface area is 128 Å². The standard InChI is InChI=1S/C17H17FN4/c18-12-4-2-5-13(8-12)22-17-14-7-11(9-19)3-1-6-16(14)21-10-15(17)20/h1,3,6-7,10,12,16H,2,4-5,8,20H2. The van der Waals surface area contributed by atoms with E-state index >= 15 is 0 Å². The lowest BCUT2D eigenvalue weighted by Gasteiger charge is -2.22. The molecule has 5 heteroatoms. The van der Waals surface area contributed by atoms with Crippen LogP contribution in [0, 0.1) is 11.3 Å². The van der Waals surface area contributed by atoms with Crippen LogP contribution in [0.1, 0.15) is 25.7 Å². The van der Waals surface area contributed by atoms with Crippen LogP contribution < -0.4 is 5.73 Å². The van der Waals surface area contributed by atoms with Gasteiger partial charge in [0.25, 0.3) is 0 Å². The molecule has 2 aliphatic carbocycles. The summed E-state index contributed by atoms with van der Waals surface area (Å²) in [4.78, 5) is 8.99. The maximum atomic E-state index is 13.6. The normalized spacial score (nSPS) is 29.5. The van der Waals surface area contributed by atoms with Gasteiger partial charge in [0.05, 0.1) is 29.1 Å². The molecule has 22 heavy (non-hydrogen) atoms. The quantitative estimate of drug-likeness (QED) is 0.808. The third-order valence-corrected chi connectivity index (χ3v) is 3.96. The highest BCUT2D eigenvalue weighted by atomic mass is 19.1. The van der Waals surface area contributed by atoms with Crippen LogP contribution in [-0.2, 0) is 0 Å². The van der Waals surface area contributed by atoms with E-state index in [-0.39, 0.29) is 6.04 Å². The van der Waals surface area contributed by atoms with E-state index in [0.717, 1.165) is 24.1 Å². The first-order valence-electron chi connectivity index (χ1n) is 7.41. The van der Waals surface area contributed by atoms with E-state index in [4.69, 9.17) is 11.0 Å². The molecule has 1 heterocycles. The maximum absolute atomic E-state index is 13.6. The molecular weight excluding hydrogens is 279 g/mol. The van der Waals surface area contributed by atoms with Crippen LogP contribution in [-0.4, -0.2) is 24.1 Å². The summed E-state index contributed by atoms with van der Waals surface area (Å²) in [5, 5.41) is 9.15. The van der Waals surface area contributed by atoms with Crippen molar-refractivity contribution in [3.05, 3.63) is 46.8 Å². The highest BCUT2D eigenvalue weighted by Crippen LogP contribution is 2.29. The van der Waals surface area contributed by atoms with Crippen molar-refractivity contribution in [2.24, 2.45) is 15.7 Å². The number of nitrogens with two attached hydrogens (primary N) is 1. The minimum absolute atomic E-state index is 0.196. The van der Waals surface area contributed by atoms with E-state index in [0.29, 0.717) is 29.8 Å². The topological polar surface area (TPSA) is 74.5 Å². The number of nitriles is 1. The predicted molar refractivity (Wildman–Crippen MR) is 85.2 cm³/mol. The molecule has 2 N–H and O–H groups in total. The molecule has 2 atom stereocenters. The molecule has 0 spiro atoms. The van der Waals surface area contributed by atoms with Gasteiger partial charge in [0.15, 0.2) is 0 Å². The van der Waals surface area contributed by atoms with Gasteiger partial charge in [0, 0.05) is 23.9 Å². The van der Waals surface area contributed by atoms with Crippen LogP contribution in [0.5, 0.6) is 0 Å². The van der Waals surface area contributed by atoms with Crippen molar-refractivity contribution in [2.75, 3.05) is 0 Å². The lowest BCUT2D eigenvalue weighted by molar-refractivity contribution is 0.305. The van der Waals surface area contributed by atoms with Crippen molar-refractivity contribution in [1.82, 2.24) is 0 Å². The minimum Gasteiger partial charge on any atom is -0.396 e. The van der Waals surface area contributed by atoms with Crippen LogP contribution in [0.3, 0.4) is 0 Å². The molecule has 0 amide bonds. The third kappa shape index (κ3) is 2.91. The van der Waals surface area contributed by atoms with Gasteiger partial charge >= 0.3 is 0 Å². The molecule has 0 radical (unpaired) electrons. The molecule has 0 saturated heterocycles. The number of rotatable bonds is 1. The van der Waals surface area contributed by atoms with Gasteiger partial charge in [-0.05, 0) is 31.4 Å². The Hall–Kier alpha value is -2.48.